The zero-order chi connectivity index (χ0) is 19.5. The van der Waals surface area contributed by atoms with Crippen LogP contribution in [0.5, 0.6) is 0 Å². The highest BCUT2D eigenvalue weighted by Crippen LogP contribution is 2.37. The molecule has 0 saturated carbocycles. The smallest absolute Gasteiger partial charge is 0.295 e. The number of anilines is 2. The van der Waals surface area contributed by atoms with Gasteiger partial charge in [0.05, 0.1) is 0 Å². The predicted octanol–water partition coefficient (Wildman–Crippen LogP) is 2.36. The minimum Gasteiger partial charge on any atom is -0.295 e. The van der Waals surface area contributed by atoms with Crippen molar-refractivity contribution in [2.75, 3.05) is 10.6 Å². The predicted molar refractivity (Wildman–Crippen MR) is 85.7 cm³/mol. The van der Waals surface area contributed by atoms with E-state index < -0.39 is 23.7 Å². The molecule has 2 heterocycles. The Labute approximate surface area is 152 Å². The molecule has 14 heteroatoms. The van der Waals surface area contributed by atoms with Crippen LogP contribution in [-0.2, 0) is 22.4 Å². The fraction of sp³-hybridized carbons (Fsp3) is 0.500. The molecule has 0 fully saturated rings. The number of hydrogen-bond donors (Lipinski definition) is 2. The topological polar surface area (TPSA) is 110 Å². The second kappa shape index (κ2) is 7.57. The van der Waals surface area contributed by atoms with Crippen LogP contribution in [0.2, 0.25) is 0 Å². The summed E-state index contributed by atoms with van der Waals surface area (Å²) < 4.78 is 55.6. The van der Waals surface area contributed by atoms with E-state index in [-0.39, 0.29) is 10.3 Å². The van der Waals surface area contributed by atoms with Crippen molar-refractivity contribution in [2.45, 2.75) is 38.5 Å². The largest absolute Gasteiger partial charge is 0.396 e. The van der Waals surface area contributed by atoms with Gasteiger partial charge in [0.25, 0.3) is 0 Å². The van der Waals surface area contributed by atoms with Gasteiger partial charge in [0.15, 0.2) is 0 Å². The van der Waals surface area contributed by atoms with E-state index in [0.717, 1.165) is 22.7 Å². The first-order valence-electron chi connectivity index (χ1n) is 7.15. The van der Waals surface area contributed by atoms with Gasteiger partial charge < -0.3 is 0 Å². The highest BCUT2D eigenvalue weighted by atomic mass is 32.1. The van der Waals surface area contributed by atoms with Crippen LogP contribution in [0.4, 0.5) is 27.8 Å². The van der Waals surface area contributed by atoms with Gasteiger partial charge in [-0.1, -0.05) is 36.5 Å². The van der Waals surface area contributed by atoms with E-state index in [1.54, 1.807) is 24.5 Å². The molecule has 2 amide bonds. The highest BCUT2D eigenvalue weighted by Gasteiger charge is 2.67. The average Bonchev–Trinajstić information content (AvgIpc) is 3.23. The third-order valence-electron chi connectivity index (χ3n) is 2.94. The second-order valence-corrected chi connectivity index (χ2v) is 6.89. The molecule has 0 atom stereocenters. The first kappa shape index (κ1) is 20.1. The maximum absolute atomic E-state index is 13.9. The number of alkyl halides is 4. The third-order valence-corrected chi connectivity index (χ3v) is 4.91. The number of nitrogens with zero attached hydrogens (tertiary/aromatic N) is 4. The third kappa shape index (κ3) is 3.95. The Hall–Kier alpha value is -2.22. The van der Waals surface area contributed by atoms with Gasteiger partial charge in [-0.05, 0) is 12.8 Å². The molecule has 0 aromatic carbocycles. The molecule has 142 valence electrons. The quantitative estimate of drug-likeness (QED) is 0.676. The van der Waals surface area contributed by atoms with Gasteiger partial charge in [-0.25, -0.2) is 0 Å². The van der Waals surface area contributed by atoms with Crippen LogP contribution in [0.1, 0.15) is 23.9 Å². The molecular weight excluding hydrogens is 400 g/mol. The van der Waals surface area contributed by atoms with Gasteiger partial charge in [0, 0.05) is 0 Å². The number of aromatic nitrogens is 4. The van der Waals surface area contributed by atoms with Gasteiger partial charge in [0.2, 0.25) is 10.3 Å². The number of carbonyl (C=O) groups excluding carboxylic acids is 2. The van der Waals surface area contributed by atoms with E-state index in [1.807, 2.05) is 0 Å². The zero-order valence-electron chi connectivity index (χ0n) is 13.3. The molecule has 0 bridgehead atoms. The second-order valence-electron chi connectivity index (χ2n) is 4.77. The number of nitrogens with one attached hydrogen (secondary N) is 2. The maximum Gasteiger partial charge on any atom is 0.396 e. The number of amides is 2. The van der Waals surface area contributed by atoms with Gasteiger partial charge in [-0.15, -0.1) is 20.4 Å². The van der Waals surface area contributed by atoms with Crippen LogP contribution in [0, 0.1) is 0 Å². The zero-order valence-corrected chi connectivity index (χ0v) is 15.0. The van der Waals surface area contributed by atoms with Crippen molar-refractivity contribution in [1.82, 2.24) is 20.4 Å². The summed E-state index contributed by atoms with van der Waals surface area (Å²) in [6, 6.07) is 0. The first-order chi connectivity index (χ1) is 12.1. The Morgan fingerprint density at radius 1 is 0.808 bits per heavy atom. The van der Waals surface area contributed by atoms with Crippen LogP contribution in [0.25, 0.3) is 0 Å². The van der Waals surface area contributed by atoms with Crippen molar-refractivity contribution in [3.63, 3.8) is 0 Å². The normalized spacial score (nSPS) is 12.1. The van der Waals surface area contributed by atoms with Gasteiger partial charge in [-0.3, -0.25) is 20.2 Å². The molecule has 0 aliphatic heterocycles. The molecule has 2 N–H and O–H groups in total. The van der Waals surface area contributed by atoms with Crippen molar-refractivity contribution < 1.29 is 27.2 Å². The number of carbonyl (C=O) groups is 2. The minimum absolute atomic E-state index is 0.376. The molecule has 0 aliphatic rings. The fourth-order valence-corrected chi connectivity index (χ4v) is 2.88. The number of aryl methyl sites for hydroxylation is 2. The summed E-state index contributed by atoms with van der Waals surface area (Å²) in [5, 5.41) is 17.1. The Morgan fingerprint density at radius 2 is 1.15 bits per heavy atom. The summed E-state index contributed by atoms with van der Waals surface area (Å²) in [6.07, 6.45) is 0.841. The number of rotatable bonds is 7. The van der Waals surface area contributed by atoms with Crippen molar-refractivity contribution in [3.8, 4) is 0 Å². The van der Waals surface area contributed by atoms with Gasteiger partial charge >= 0.3 is 23.7 Å². The lowest BCUT2D eigenvalue weighted by atomic mass is 10.1. The molecule has 0 unspecified atom stereocenters. The van der Waals surface area contributed by atoms with Crippen LogP contribution in [-0.4, -0.2) is 44.1 Å². The first-order valence-corrected chi connectivity index (χ1v) is 8.78. The van der Waals surface area contributed by atoms with Crippen molar-refractivity contribution in [1.29, 1.82) is 0 Å². The van der Waals surface area contributed by atoms with E-state index >= 15 is 0 Å². The van der Waals surface area contributed by atoms with E-state index in [0.29, 0.717) is 22.9 Å². The van der Waals surface area contributed by atoms with E-state index in [9.17, 15) is 27.2 Å². The molecular formula is C12H12F4N6O2S2. The number of halogens is 4. The Morgan fingerprint density at radius 3 is 1.42 bits per heavy atom. The summed E-state index contributed by atoms with van der Waals surface area (Å²) in [5.41, 5.74) is 0. The van der Waals surface area contributed by atoms with Crippen molar-refractivity contribution in [3.05, 3.63) is 10.0 Å². The molecule has 26 heavy (non-hydrogen) atoms. The summed E-state index contributed by atoms with van der Waals surface area (Å²) in [6.45, 7) is 3.41. The standard InChI is InChI=1S/C12H12F4N6O2S2/c1-3-5-19-21-9(25-5)17-7(23)11(13,14)12(15,16)8(24)18-10-22-20-6(4-2)26-10/h3-4H2,1-2H3,(H,17,21,23)(H,18,22,24). The summed E-state index contributed by atoms with van der Waals surface area (Å²) in [4.78, 5) is 23.2. The molecule has 2 aromatic heterocycles. The lowest BCUT2D eigenvalue weighted by Gasteiger charge is -2.23. The van der Waals surface area contributed by atoms with Crippen LogP contribution in [0.15, 0.2) is 0 Å². The van der Waals surface area contributed by atoms with Crippen molar-refractivity contribution >= 4 is 44.8 Å². The molecule has 0 spiro atoms. The van der Waals surface area contributed by atoms with Gasteiger partial charge in [0.1, 0.15) is 10.0 Å². The highest BCUT2D eigenvalue weighted by molar-refractivity contribution is 7.15. The fourth-order valence-electron chi connectivity index (χ4n) is 1.53. The van der Waals surface area contributed by atoms with E-state index in [4.69, 9.17) is 0 Å². The Bertz CT molecular complexity index is 743. The maximum atomic E-state index is 13.9. The summed E-state index contributed by atoms with van der Waals surface area (Å²) >= 11 is 1.51. The monoisotopic (exact) mass is 412 g/mol. The molecule has 2 rings (SSSR count). The van der Waals surface area contributed by atoms with Gasteiger partial charge in [-0.2, -0.15) is 17.6 Å². The lowest BCUT2D eigenvalue weighted by molar-refractivity contribution is -0.204. The number of hydrogen-bond acceptors (Lipinski definition) is 8. The van der Waals surface area contributed by atoms with E-state index in [2.05, 4.69) is 20.4 Å². The Kier molecular flexibility index (Phi) is 5.85. The van der Waals surface area contributed by atoms with E-state index in [1.165, 1.54) is 0 Å². The minimum atomic E-state index is -5.33. The molecule has 2 aromatic rings. The summed E-state index contributed by atoms with van der Waals surface area (Å²) in [5.74, 6) is -15.4. The SMILES string of the molecule is CCc1nnc(NC(=O)C(F)(F)C(F)(F)C(=O)Nc2nnc(CC)s2)s1. The molecule has 8 nitrogen and oxygen atoms in total. The molecule has 0 aliphatic carbocycles. The molecule has 0 saturated heterocycles. The average molecular weight is 412 g/mol. The van der Waals surface area contributed by atoms with Crippen LogP contribution in [0.3, 0.4) is 0 Å². The lowest BCUT2D eigenvalue weighted by Crippen LogP contribution is -2.56. The summed E-state index contributed by atoms with van der Waals surface area (Å²) in [7, 11) is 0. The van der Waals surface area contributed by atoms with Crippen molar-refractivity contribution in [2.24, 2.45) is 0 Å². The Balaban J connectivity index is 2.12. The van der Waals surface area contributed by atoms with Crippen LogP contribution < -0.4 is 10.6 Å². The van der Waals surface area contributed by atoms with Crippen LogP contribution >= 0.6 is 22.7 Å². The molecule has 0 radical (unpaired) electrons.